The predicted octanol–water partition coefficient (Wildman–Crippen LogP) is 3.59. The molecule has 1 aromatic carbocycles. The fourth-order valence-corrected chi connectivity index (χ4v) is 3.03. The molecule has 0 bridgehead atoms. The molecule has 2 N–H and O–H groups in total. The summed E-state index contributed by atoms with van der Waals surface area (Å²) >= 11 is 6.29. The zero-order valence-electron chi connectivity index (χ0n) is 10.9. The van der Waals surface area contributed by atoms with Crippen LogP contribution in [0.25, 0.3) is 0 Å². The van der Waals surface area contributed by atoms with Crippen LogP contribution >= 0.6 is 11.6 Å². The predicted molar refractivity (Wildman–Crippen MR) is 78.3 cm³/mol. The zero-order valence-corrected chi connectivity index (χ0v) is 11.7. The summed E-state index contributed by atoms with van der Waals surface area (Å²) in [4.78, 5) is 11.9. The van der Waals surface area contributed by atoms with E-state index in [9.17, 15) is 4.79 Å². The van der Waals surface area contributed by atoms with Crippen LogP contribution in [0.2, 0.25) is 5.02 Å². The smallest absolute Gasteiger partial charge is 0.315 e. The average Bonchev–Trinajstić information content (AvgIpc) is 2.86. The van der Waals surface area contributed by atoms with E-state index >= 15 is 0 Å². The van der Waals surface area contributed by atoms with Crippen molar-refractivity contribution in [2.75, 3.05) is 6.54 Å². The molecule has 0 unspecified atom stereocenters. The van der Waals surface area contributed by atoms with Gasteiger partial charge in [-0.25, -0.2) is 4.79 Å². The summed E-state index contributed by atoms with van der Waals surface area (Å²) in [7, 11) is 0. The molecule has 4 heteroatoms. The van der Waals surface area contributed by atoms with E-state index in [-0.39, 0.29) is 11.6 Å². The zero-order chi connectivity index (χ0) is 13.7. The van der Waals surface area contributed by atoms with Crippen molar-refractivity contribution >= 4 is 17.6 Å². The molecule has 0 saturated heterocycles. The van der Waals surface area contributed by atoms with Gasteiger partial charge in [-0.1, -0.05) is 48.7 Å². The molecule has 102 valence electrons. The number of hydrogen-bond acceptors (Lipinski definition) is 1. The van der Waals surface area contributed by atoms with Gasteiger partial charge in [-0.3, -0.25) is 0 Å². The monoisotopic (exact) mass is 278 g/mol. The summed E-state index contributed by atoms with van der Waals surface area (Å²) in [5.41, 5.74) is 0.687. The van der Waals surface area contributed by atoms with Crippen molar-refractivity contribution in [3.05, 3.63) is 47.5 Å². The van der Waals surface area contributed by atoms with Gasteiger partial charge in [0.25, 0.3) is 0 Å². The standard InChI is InChI=1S/C15H19ClN2O/c1-2-11-17-14(19)18-15(9-5-6-10-15)12-7-3-4-8-13(12)16/h2-4,7-8H,1,5-6,9-11H2,(H2,17,18,19). The minimum atomic E-state index is -0.330. The van der Waals surface area contributed by atoms with Crippen molar-refractivity contribution in [1.29, 1.82) is 0 Å². The fourth-order valence-electron chi connectivity index (χ4n) is 2.72. The molecule has 1 fully saturated rings. The Bertz CT molecular complexity index is 467. The highest BCUT2D eigenvalue weighted by Crippen LogP contribution is 2.41. The van der Waals surface area contributed by atoms with Crippen LogP contribution in [-0.4, -0.2) is 12.6 Å². The normalized spacial score (nSPS) is 16.9. The molecule has 1 aliphatic rings. The van der Waals surface area contributed by atoms with Gasteiger partial charge in [0, 0.05) is 11.6 Å². The summed E-state index contributed by atoms with van der Waals surface area (Å²) in [6.07, 6.45) is 5.73. The maximum Gasteiger partial charge on any atom is 0.315 e. The Morgan fingerprint density at radius 3 is 2.68 bits per heavy atom. The first-order chi connectivity index (χ1) is 9.18. The summed E-state index contributed by atoms with van der Waals surface area (Å²) < 4.78 is 0. The lowest BCUT2D eigenvalue weighted by atomic mass is 9.88. The Morgan fingerprint density at radius 1 is 1.37 bits per heavy atom. The molecule has 0 heterocycles. The molecule has 0 aromatic heterocycles. The molecule has 0 radical (unpaired) electrons. The molecule has 3 nitrogen and oxygen atoms in total. The van der Waals surface area contributed by atoms with E-state index in [1.54, 1.807) is 6.08 Å². The lowest BCUT2D eigenvalue weighted by Gasteiger charge is -2.31. The highest BCUT2D eigenvalue weighted by molar-refractivity contribution is 6.31. The van der Waals surface area contributed by atoms with Gasteiger partial charge in [-0.05, 0) is 24.5 Å². The molecule has 2 rings (SSSR count). The first-order valence-electron chi connectivity index (χ1n) is 6.60. The van der Waals surface area contributed by atoms with Crippen LogP contribution in [-0.2, 0) is 5.54 Å². The van der Waals surface area contributed by atoms with E-state index in [4.69, 9.17) is 11.6 Å². The van der Waals surface area contributed by atoms with Crippen LogP contribution in [0.3, 0.4) is 0 Å². The Kier molecular flexibility index (Phi) is 4.48. The number of nitrogens with one attached hydrogen (secondary N) is 2. The van der Waals surface area contributed by atoms with Crippen LogP contribution < -0.4 is 10.6 Å². The lowest BCUT2D eigenvalue weighted by molar-refractivity contribution is 0.225. The lowest BCUT2D eigenvalue weighted by Crippen LogP contribution is -2.48. The molecule has 0 spiro atoms. The minimum absolute atomic E-state index is 0.165. The van der Waals surface area contributed by atoms with Crippen LogP contribution in [0.5, 0.6) is 0 Å². The summed E-state index contributed by atoms with van der Waals surface area (Å²) in [5.74, 6) is 0. The Balaban J connectivity index is 2.21. The van der Waals surface area contributed by atoms with Gasteiger partial charge < -0.3 is 10.6 Å². The Hall–Kier alpha value is -1.48. The highest BCUT2D eigenvalue weighted by atomic mass is 35.5. The largest absolute Gasteiger partial charge is 0.335 e. The van der Waals surface area contributed by atoms with Crippen molar-refractivity contribution in [3.8, 4) is 0 Å². The van der Waals surface area contributed by atoms with E-state index in [1.165, 1.54) is 0 Å². The molecule has 1 aromatic rings. The SMILES string of the molecule is C=CCNC(=O)NC1(c2ccccc2Cl)CCCC1. The molecule has 0 atom stereocenters. The number of hydrogen-bond donors (Lipinski definition) is 2. The van der Waals surface area contributed by atoms with Gasteiger partial charge in [0.2, 0.25) is 0 Å². The van der Waals surface area contributed by atoms with Gasteiger partial charge in [-0.15, -0.1) is 6.58 Å². The first-order valence-corrected chi connectivity index (χ1v) is 6.98. The Labute approximate surface area is 119 Å². The van der Waals surface area contributed by atoms with Gasteiger partial charge in [0.1, 0.15) is 0 Å². The van der Waals surface area contributed by atoms with Gasteiger partial charge in [0.15, 0.2) is 0 Å². The molecule has 1 aliphatic carbocycles. The maximum absolute atomic E-state index is 11.9. The third-order valence-electron chi connectivity index (χ3n) is 3.61. The maximum atomic E-state index is 11.9. The second-order valence-corrected chi connectivity index (χ2v) is 5.30. The number of amides is 2. The van der Waals surface area contributed by atoms with Crippen molar-refractivity contribution in [1.82, 2.24) is 10.6 Å². The number of halogens is 1. The van der Waals surface area contributed by atoms with Crippen molar-refractivity contribution in [2.24, 2.45) is 0 Å². The van der Waals surface area contributed by atoms with E-state index < -0.39 is 0 Å². The van der Waals surface area contributed by atoms with Crippen molar-refractivity contribution < 1.29 is 4.79 Å². The van der Waals surface area contributed by atoms with E-state index in [0.717, 1.165) is 31.2 Å². The van der Waals surface area contributed by atoms with Crippen LogP contribution in [0, 0.1) is 0 Å². The molecule has 19 heavy (non-hydrogen) atoms. The number of carbonyl (C=O) groups excluding carboxylic acids is 1. The molecule has 0 aliphatic heterocycles. The number of benzene rings is 1. The number of urea groups is 1. The summed E-state index contributed by atoms with van der Waals surface area (Å²) in [5, 5.41) is 6.58. The molecular formula is C15H19ClN2O. The van der Waals surface area contributed by atoms with Gasteiger partial charge in [-0.2, -0.15) is 0 Å². The quantitative estimate of drug-likeness (QED) is 0.812. The average molecular weight is 279 g/mol. The van der Waals surface area contributed by atoms with E-state index in [1.807, 2.05) is 24.3 Å². The van der Waals surface area contributed by atoms with Crippen LogP contribution in [0.15, 0.2) is 36.9 Å². The van der Waals surface area contributed by atoms with E-state index in [2.05, 4.69) is 17.2 Å². The van der Waals surface area contributed by atoms with Crippen molar-refractivity contribution in [2.45, 2.75) is 31.2 Å². The third-order valence-corrected chi connectivity index (χ3v) is 3.94. The number of rotatable bonds is 4. The van der Waals surface area contributed by atoms with Crippen molar-refractivity contribution in [3.63, 3.8) is 0 Å². The Morgan fingerprint density at radius 2 is 2.05 bits per heavy atom. The molecule has 2 amide bonds. The minimum Gasteiger partial charge on any atom is -0.335 e. The number of carbonyl (C=O) groups is 1. The molecular weight excluding hydrogens is 260 g/mol. The van der Waals surface area contributed by atoms with Crippen LogP contribution in [0.4, 0.5) is 4.79 Å². The third kappa shape index (κ3) is 3.10. The molecule has 1 saturated carbocycles. The summed E-state index contributed by atoms with van der Waals surface area (Å²) in [6, 6.07) is 7.58. The fraction of sp³-hybridized carbons (Fsp3) is 0.400. The first kappa shape index (κ1) is 13.9. The topological polar surface area (TPSA) is 41.1 Å². The second kappa shape index (κ2) is 6.11. The second-order valence-electron chi connectivity index (χ2n) is 4.89. The van der Waals surface area contributed by atoms with E-state index in [0.29, 0.717) is 11.6 Å². The van der Waals surface area contributed by atoms with Gasteiger partial charge >= 0.3 is 6.03 Å². The highest BCUT2D eigenvalue weighted by Gasteiger charge is 2.38. The van der Waals surface area contributed by atoms with Crippen LogP contribution in [0.1, 0.15) is 31.2 Å². The summed E-state index contributed by atoms with van der Waals surface area (Å²) in [6.45, 7) is 4.05. The van der Waals surface area contributed by atoms with Gasteiger partial charge in [0.05, 0.1) is 5.54 Å².